The summed E-state index contributed by atoms with van der Waals surface area (Å²) in [5.74, 6) is 0.853. The van der Waals surface area contributed by atoms with E-state index >= 15 is 0 Å². The van der Waals surface area contributed by atoms with E-state index in [1.165, 1.54) is 6.21 Å². The molecular formula is C16H15ClN2O3. The number of rotatable bonds is 6. The molecule has 0 atom stereocenters. The van der Waals surface area contributed by atoms with Crippen LogP contribution in [0.4, 0.5) is 0 Å². The molecule has 0 unspecified atom stereocenters. The number of carbonyl (C=O) groups is 1. The number of ether oxygens (including phenoxy) is 2. The van der Waals surface area contributed by atoms with E-state index in [4.69, 9.17) is 21.1 Å². The van der Waals surface area contributed by atoms with Gasteiger partial charge < -0.3 is 9.47 Å². The Hall–Kier alpha value is -2.53. The summed E-state index contributed by atoms with van der Waals surface area (Å²) in [5.41, 5.74) is 3.17. The Morgan fingerprint density at radius 1 is 1.23 bits per heavy atom. The van der Waals surface area contributed by atoms with Crippen LogP contribution in [0.15, 0.2) is 53.6 Å². The lowest BCUT2D eigenvalue weighted by molar-refractivity contribution is -0.123. The topological polar surface area (TPSA) is 59.9 Å². The highest BCUT2D eigenvalue weighted by molar-refractivity contribution is 6.30. The number of nitrogens with zero attached hydrogens (tertiary/aromatic N) is 1. The van der Waals surface area contributed by atoms with Gasteiger partial charge in [0.25, 0.3) is 5.91 Å². The van der Waals surface area contributed by atoms with E-state index in [0.717, 1.165) is 5.56 Å². The molecule has 0 saturated heterocycles. The van der Waals surface area contributed by atoms with Gasteiger partial charge in [0, 0.05) is 11.1 Å². The van der Waals surface area contributed by atoms with E-state index in [9.17, 15) is 4.79 Å². The Bertz CT molecular complexity index is 674. The lowest BCUT2D eigenvalue weighted by Crippen LogP contribution is -2.24. The van der Waals surface area contributed by atoms with Crippen LogP contribution in [0.1, 0.15) is 5.56 Å². The maximum atomic E-state index is 11.6. The number of methoxy groups -OCH3 is 1. The monoisotopic (exact) mass is 318 g/mol. The minimum absolute atomic E-state index is 0.139. The Morgan fingerprint density at radius 3 is 2.77 bits per heavy atom. The molecule has 0 aliphatic carbocycles. The van der Waals surface area contributed by atoms with Crippen molar-refractivity contribution in [2.24, 2.45) is 5.10 Å². The number of amides is 1. The summed E-state index contributed by atoms with van der Waals surface area (Å²) in [6.07, 6.45) is 1.51. The van der Waals surface area contributed by atoms with E-state index < -0.39 is 0 Å². The van der Waals surface area contributed by atoms with Crippen molar-refractivity contribution in [3.05, 3.63) is 59.1 Å². The van der Waals surface area contributed by atoms with Gasteiger partial charge in [-0.1, -0.05) is 29.8 Å². The normalized spacial score (nSPS) is 10.5. The van der Waals surface area contributed by atoms with Gasteiger partial charge in [0.1, 0.15) is 11.5 Å². The summed E-state index contributed by atoms with van der Waals surface area (Å²) < 4.78 is 10.4. The molecule has 0 aliphatic rings. The van der Waals surface area contributed by atoms with Gasteiger partial charge in [-0.15, -0.1) is 0 Å². The summed E-state index contributed by atoms with van der Waals surface area (Å²) >= 11 is 5.85. The fourth-order valence-electron chi connectivity index (χ4n) is 1.64. The molecule has 0 saturated carbocycles. The van der Waals surface area contributed by atoms with Crippen molar-refractivity contribution >= 4 is 23.7 Å². The summed E-state index contributed by atoms with van der Waals surface area (Å²) in [6, 6.07) is 14.1. The van der Waals surface area contributed by atoms with Crippen LogP contribution in [0.25, 0.3) is 0 Å². The Balaban J connectivity index is 1.80. The smallest absolute Gasteiger partial charge is 0.277 e. The zero-order valence-electron chi connectivity index (χ0n) is 12.0. The molecule has 0 spiro atoms. The van der Waals surface area contributed by atoms with Crippen LogP contribution in [0.3, 0.4) is 0 Å². The first-order valence-electron chi connectivity index (χ1n) is 6.52. The third-order valence-electron chi connectivity index (χ3n) is 2.66. The first-order chi connectivity index (χ1) is 10.7. The predicted molar refractivity (Wildman–Crippen MR) is 85.7 cm³/mol. The van der Waals surface area contributed by atoms with Crippen molar-refractivity contribution in [1.82, 2.24) is 5.43 Å². The molecule has 2 aromatic carbocycles. The molecule has 22 heavy (non-hydrogen) atoms. The van der Waals surface area contributed by atoms with Crippen LogP contribution in [-0.4, -0.2) is 25.8 Å². The molecule has 0 bridgehead atoms. The number of carbonyl (C=O) groups excluding carboxylic acids is 1. The average Bonchev–Trinajstić information content (AvgIpc) is 2.53. The molecule has 6 heteroatoms. The van der Waals surface area contributed by atoms with Gasteiger partial charge in [0.15, 0.2) is 6.61 Å². The van der Waals surface area contributed by atoms with Crippen molar-refractivity contribution in [2.45, 2.75) is 0 Å². The summed E-state index contributed by atoms with van der Waals surface area (Å²) in [5, 5.41) is 4.45. The third-order valence-corrected chi connectivity index (χ3v) is 2.90. The highest BCUT2D eigenvalue weighted by Crippen LogP contribution is 2.18. The van der Waals surface area contributed by atoms with E-state index in [-0.39, 0.29) is 12.5 Å². The minimum Gasteiger partial charge on any atom is -0.497 e. The maximum Gasteiger partial charge on any atom is 0.277 e. The van der Waals surface area contributed by atoms with Crippen molar-refractivity contribution in [1.29, 1.82) is 0 Å². The number of nitrogens with one attached hydrogen (secondary N) is 1. The van der Waals surface area contributed by atoms with Crippen LogP contribution < -0.4 is 14.9 Å². The predicted octanol–water partition coefficient (Wildman–Crippen LogP) is 2.88. The van der Waals surface area contributed by atoms with Crippen molar-refractivity contribution in [3.63, 3.8) is 0 Å². The van der Waals surface area contributed by atoms with Crippen LogP contribution >= 0.6 is 11.6 Å². The van der Waals surface area contributed by atoms with Crippen LogP contribution in [0.2, 0.25) is 5.02 Å². The number of hydrogen-bond donors (Lipinski definition) is 1. The van der Waals surface area contributed by atoms with Crippen LogP contribution in [-0.2, 0) is 4.79 Å². The highest BCUT2D eigenvalue weighted by Gasteiger charge is 2.02. The van der Waals surface area contributed by atoms with E-state index in [1.54, 1.807) is 49.6 Å². The molecule has 5 nitrogen and oxygen atoms in total. The van der Waals surface area contributed by atoms with E-state index in [1.807, 2.05) is 6.07 Å². The molecular weight excluding hydrogens is 304 g/mol. The summed E-state index contributed by atoms with van der Waals surface area (Å²) in [7, 11) is 1.57. The molecule has 2 aromatic rings. The fourth-order valence-corrected chi connectivity index (χ4v) is 1.84. The Kier molecular flexibility index (Phi) is 5.80. The molecule has 0 radical (unpaired) electrons. The van der Waals surface area contributed by atoms with Gasteiger partial charge in [0.2, 0.25) is 0 Å². The van der Waals surface area contributed by atoms with Gasteiger partial charge in [-0.25, -0.2) is 5.43 Å². The quantitative estimate of drug-likeness (QED) is 0.658. The number of benzene rings is 2. The second-order valence-corrected chi connectivity index (χ2v) is 4.75. The summed E-state index contributed by atoms with van der Waals surface area (Å²) in [4.78, 5) is 11.6. The first kappa shape index (κ1) is 15.9. The molecule has 114 valence electrons. The van der Waals surface area contributed by atoms with E-state index in [2.05, 4.69) is 10.5 Å². The van der Waals surface area contributed by atoms with Crippen molar-refractivity contribution in [2.75, 3.05) is 13.7 Å². The molecule has 0 heterocycles. The fraction of sp³-hybridized carbons (Fsp3) is 0.125. The molecule has 0 aromatic heterocycles. The van der Waals surface area contributed by atoms with Crippen LogP contribution in [0, 0.1) is 0 Å². The molecule has 1 N–H and O–H groups in total. The zero-order valence-corrected chi connectivity index (χ0v) is 12.7. The van der Waals surface area contributed by atoms with E-state index in [0.29, 0.717) is 16.5 Å². The number of hydrogen-bond acceptors (Lipinski definition) is 4. The van der Waals surface area contributed by atoms with Gasteiger partial charge in [0.05, 0.1) is 13.3 Å². The molecule has 0 fully saturated rings. The summed E-state index contributed by atoms with van der Waals surface area (Å²) in [6.45, 7) is -0.139. The number of hydrazone groups is 1. The first-order valence-corrected chi connectivity index (χ1v) is 6.89. The molecule has 1 amide bonds. The van der Waals surface area contributed by atoms with Crippen molar-refractivity contribution in [3.8, 4) is 11.5 Å². The maximum absolute atomic E-state index is 11.6. The number of halogens is 1. The second kappa shape index (κ2) is 8.05. The zero-order chi connectivity index (χ0) is 15.8. The lowest BCUT2D eigenvalue weighted by atomic mass is 10.2. The molecule has 2 rings (SSSR count). The molecule has 0 aliphatic heterocycles. The van der Waals surface area contributed by atoms with Crippen LogP contribution in [0.5, 0.6) is 11.5 Å². The van der Waals surface area contributed by atoms with Gasteiger partial charge >= 0.3 is 0 Å². The minimum atomic E-state index is -0.360. The second-order valence-electron chi connectivity index (χ2n) is 4.32. The average molecular weight is 319 g/mol. The Labute approximate surface area is 133 Å². The standard InChI is InChI=1S/C16H15ClN2O3/c1-21-14-6-3-7-15(9-14)22-11-16(20)19-18-10-12-4-2-5-13(17)8-12/h2-10H,11H2,1H3,(H,19,20)/b18-10+. The third kappa shape index (κ3) is 5.10. The van der Waals surface area contributed by atoms with Crippen molar-refractivity contribution < 1.29 is 14.3 Å². The largest absolute Gasteiger partial charge is 0.497 e. The lowest BCUT2D eigenvalue weighted by Gasteiger charge is -2.06. The van der Waals surface area contributed by atoms with Gasteiger partial charge in [-0.05, 0) is 29.8 Å². The van der Waals surface area contributed by atoms with Gasteiger partial charge in [-0.2, -0.15) is 5.10 Å². The SMILES string of the molecule is COc1cccc(OCC(=O)N/N=C/c2cccc(Cl)c2)c1. The Morgan fingerprint density at radius 2 is 2.00 bits per heavy atom. The highest BCUT2D eigenvalue weighted by atomic mass is 35.5. The van der Waals surface area contributed by atoms with Gasteiger partial charge in [-0.3, -0.25) is 4.79 Å².